The van der Waals surface area contributed by atoms with Crippen LogP contribution in [0.2, 0.25) is 0 Å². The van der Waals surface area contributed by atoms with E-state index < -0.39 is 0 Å². The molecule has 2 aromatic carbocycles. The van der Waals surface area contributed by atoms with Gasteiger partial charge in [0.25, 0.3) is 0 Å². The molecule has 0 bridgehead atoms. The molecule has 0 spiro atoms. The molecular formula is C24H29N7. The first-order chi connectivity index (χ1) is 15.3. The Balaban J connectivity index is 1.33. The third-order valence-electron chi connectivity index (χ3n) is 5.16. The summed E-state index contributed by atoms with van der Waals surface area (Å²) in [6, 6.07) is 18.6. The average molecular weight is 416 g/mol. The molecule has 2 aromatic heterocycles. The van der Waals surface area contributed by atoms with Gasteiger partial charge in [-0.05, 0) is 42.7 Å². The van der Waals surface area contributed by atoms with Gasteiger partial charge in [0.05, 0.1) is 30.5 Å². The molecule has 7 nitrogen and oxygen atoms in total. The van der Waals surface area contributed by atoms with E-state index in [4.69, 9.17) is 4.99 Å². The summed E-state index contributed by atoms with van der Waals surface area (Å²) >= 11 is 0. The summed E-state index contributed by atoms with van der Waals surface area (Å²) in [5.41, 5.74) is 4.66. The summed E-state index contributed by atoms with van der Waals surface area (Å²) in [4.78, 5) is 9.26. The summed E-state index contributed by atoms with van der Waals surface area (Å²) in [5, 5.41) is 11.1. The summed E-state index contributed by atoms with van der Waals surface area (Å²) in [6.07, 6.45) is 6.69. The van der Waals surface area contributed by atoms with Gasteiger partial charge in [-0.3, -0.25) is 4.68 Å². The lowest BCUT2D eigenvalue weighted by molar-refractivity contribution is 0.637. The lowest BCUT2D eigenvalue weighted by Crippen LogP contribution is -2.38. The van der Waals surface area contributed by atoms with Crippen LogP contribution in [0.3, 0.4) is 0 Å². The first kappa shape index (κ1) is 20.7. The van der Waals surface area contributed by atoms with E-state index >= 15 is 0 Å². The molecule has 0 aliphatic carbocycles. The van der Waals surface area contributed by atoms with E-state index in [2.05, 4.69) is 68.6 Å². The van der Waals surface area contributed by atoms with Gasteiger partial charge in [0.15, 0.2) is 5.96 Å². The Labute approximate surface area is 182 Å². The molecule has 2 N–H and O–H groups in total. The fourth-order valence-electron chi connectivity index (χ4n) is 3.59. The Hall–Kier alpha value is -3.61. The zero-order valence-electron chi connectivity index (χ0n) is 17.9. The van der Waals surface area contributed by atoms with Crippen LogP contribution in [0.1, 0.15) is 24.5 Å². The van der Waals surface area contributed by atoms with E-state index in [1.807, 2.05) is 35.4 Å². The predicted molar refractivity (Wildman–Crippen MR) is 125 cm³/mol. The van der Waals surface area contributed by atoms with Crippen LogP contribution in [0, 0.1) is 0 Å². The van der Waals surface area contributed by atoms with Gasteiger partial charge in [-0.1, -0.05) is 36.4 Å². The number of fused-ring (bicyclic) bond motifs is 1. The van der Waals surface area contributed by atoms with Gasteiger partial charge >= 0.3 is 0 Å². The molecule has 0 aliphatic rings. The van der Waals surface area contributed by atoms with Crippen molar-refractivity contribution in [3.05, 3.63) is 84.4 Å². The molecule has 0 radical (unpaired) electrons. The fourth-order valence-corrected chi connectivity index (χ4v) is 3.59. The molecule has 7 heteroatoms. The predicted octanol–water partition coefficient (Wildman–Crippen LogP) is 3.43. The Kier molecular flexibility index (Phi) is 6.95. The monoisotopic (exact) mass is 415 g/mol. The molecule has 0 unspecified atom stereocenters. The molecule has 0 atom stereocenters. The molecule has 0 saturated heterocycles. The second kappa shape index (κ2) is 10.4. The van der Waals surface area contributed by atoms with E-state index in [-0.39, 0.29) is 0 Å². The number of aryl methyl sites for hydroxylation is 1. The lowest BCUT2D eigenvalue weighted by atomic mass is 10.1. The largest absolute Gasteiger partial charge is 0.357 e. The normalized spacial score (nSPS) is 11.7. The number of hydrogen-bond donors (Lipinski definition) is 2. The first-order valence-electron chi connectivity index (χ1n) is 10.8. The van der Waals surface area contributed by atoms with E-state index in [0.717, 1.165) is 44.1 Å². The summed E-state index contributed by atoms with van der Waals surface area (Å²) in [5.74, 6) is 0.840. The van der Waals surface area contributed by atoms with E-state index in [1.54, 1.807) is 6.20 Å². The maximum atomic E-state index is 4.80. The van der Waals surface area contributed by atoms with Crippen LogP contribution in [0.4, 0.5) is 0 Å². The minimum absolute atomic E-state index is 0.624. The quantitative estimate of drug-likeness (QED) is 0.250. The number of aromatic nitrogens is 4. The molecule has 2 heterocycles. The smallest absolute Gasteiger partial charge is 0.191 e. The number of aliphatic imine (C=N–C) groups is 1. The Bertz CT molecular complexity index is 1110. The Morgan fingerprint density at radius 3 is 2.68 bits per heavy atom. The van der Waals surface area contributed by atoms with Gasteiger partial charge in [-0.25, -0.2) is 9.98 Å². The van der Waals surface area contributed by atoms with Crippen molar-refractivity contribution in [2.45, 2.75) is 33.0 Å². The molecule has 0 aliphatic heterocycles. The van der Waals surface area contributed by atoms with Gasteiger partial charge in [-0.2, -0.15) is 5.10 Å². The maximum absolute atomic E-state index is 4.80. The standard InChI is InChI=1S/C24H29N7/c1-2-25-24(26-13-7-15-30-19-28-22-11-5-6-12-23(22)30)27-17-20-9-3-4-10-21(20)18-31-16-8-14-29-31/h3-6,8-12,14,16,19H,2,7,13,15,17-18H2,1H3,(H2,25,26,27). The van der Waals surface area contributed by atoms with Gasteiger partial charge < -0.3 is 15.2 Å². The number of imidazole rings is 1. The number of nitrogens with one attached hydrogen (secondary N) is 2. The first-order valence-corrected chi connectivity index (χ1v) is 10.8. The zero-order valence-corrected chi connectivity index (χ0v) is 17.9. The van der Waals surface area contributed by atoms with Crippen LogP contribution in [0.15, 0.2) is 78.3 Å². The highest BCUT2D eigenvalue weighted by molar-refractivity contribution is 5.79. The Morgan fingerprint density at radius 2 is 1.84 bits per heavy atom. The summed E-state index contributed by atoms with van der Waals surface area (Å²) in [6.45, 7) is 6.04. The van der Waals surface area contributed by atoms with E-state index in [0.29, 0.717) is 6.54 Å². The van der Waals surface area contributed by atoms with Crippen molar-refractivity contribution < 1.29 is 0 Å². The van der Waals surface area contributed by atoms with Crippen molar-refractivity contribution in [3.8, 4) is 0 Å². The van der Waals surface area contributed by atoms with Gasteiger partial charge in [0.1, 0.15) is 0 Å². The second-order valence-corrected chi connectivity index (χ2v) is 7.37. The number of nitrogens with zero attached hydrogens (tertiary/aromatic N) is 5. The highest BCUT2D eigenvalue weighted by Gasteiger charge is 2.05. The third kappa shape index (κ3) is 5.51. The van der Waals surface area contributed by atoms with Gasteiger partial charge in [0, 0.05) is 32.0 Å². The van der Waals surface area contributed by atoms with Crippen molar-refractivity contribution in [2.24, 2.45) is 4.99 Å². The van der Waals surface area contributed by atoms with Crippen LogP contribution in [-0.4, -0.2) is 38.4 Å². The average Bonchev–Trinajstić information content (AvgIpc) is 3.46. The third-order valence-corrected chi connectivity index (χ3v) is 5.16. The number of hydrogen-bond acceptors (Lipinski definition) is 3. The zero-order chi connectivity index (χ0) is 21.3. The molecule has 0 saturated carbocycles. The van der Waals surface area contributed by atoms with Crippen molar-refractivity contribution >= 4 is 17.0 Å². The lowest BCUT2D eigenvalue weighted by Gasteiger charge is -2.13. The molecule has 0 amide bonds. The van der Waals surface area contributed by atoms with Crippen LogP contribution >= 0.6 is 0 Å². The van der Waals surface area contributed by atoms with E-state index in [9.17, 15) is 0 Å². The Morgan fingerprint density at radius 1 is 1.00 bits per heavy atom. The minimum atomic E-state index is 0.624. The number of rotatable bonds is 9. The SMILES string of the molecule is CCNC(=NCc1ccccc1Cn1cccn1)NCCCn1cnc2ccccc21. The summed E-state index contributed by atoms with van der Waals surface area (Å²) in [7, 11) is 0. The van der Waals surface area contributed by atoms with Crippen LogP contribution in [0.25, 0.3) is 11.0 Å². The topological polar surface area (TPSA) is 72.1 Å². The molecule has 4 aromatic rings. The number of guanidine groups is 1. The van der Waals surface area contributed by atoms with Gasteiger partial charge in [0.2, 0.25) is 0 Å². The molecule has 31 heavy (non-hydrogen) atoms. The molecular weight excluding hydrogens is 386 g/mol. The van der Waals surface area contributed by atoms with Gasteiger partial charge in [-0.15, -0.1) is 0 Å². The fraction of sp³-hybridized carbons (Fsp3) is 0.292. The van der Waals surface area contributed by atoms with Crippen molar-refractivity contribution in [2.75, 3.05) is 13.1 Å². The number of para-hydroxylation sites is 2. The highest BCUT2D eigenvalue weighted by Crippen LogP contribution is 2.13. The highest BCUT2D eigenvalue weighted by atomic mass is 15.3. The van der Waals surface area contributed by atoms with E-state index in [1.165, 1.54) is 16.6 Å². The molecule has 4 rings (SSSR count). The van der Waals surface area contributed by atoms with Crippen LogP contribution in [0.5, 0.6) is 0 Å². The number of benzene rings is 2. The van der Waals surface area contributed by atoms with Crippen LogP contribution < -0.4 is 10.6 Å². The van der Waals surface area contributed by atoms with Crippen molar-refractivity contribution in [3.63, 3.8) is 0 Å². The molecule has 0 fully saturated rings. The maximum Gasteiger partial charge on any atom is 0.191 e. The second-order valence-electron chi connectivity index (χ2n) is 7.37. The van der Waals surface area contributed by atoms with Crippen molar-refractivity contribution in [1.29, 1.82) is 0 Å². The summed E-state index contributed by atoms with van der Waals surface area (Å²) < 4.78 is 4.14. The minimum Gasteiger partial charge on any atom is -0.357 e. The molecule has 160 valence electrons. The van der Waals surface area contributed by atoms with Crippen LogP contribution in [-0.2, 0) is 19.6 Å². The van der Waals surface area contributed by atoms with Crippen molar-refractivity contribution in [1.82, 2.24) is 30.0 Å².